The summed E-state index contributed by atoms with van der Waals surface area (Å²) in [7, 11) is 1.51. The van der Waals surface area contributed by atoms with Crippen molar-refractivity contribution in [2.75, 3.05) is 13.7 Å². The summed E-state index contributed by atoms with van der Waals surface area (Å²) >= 11 is 0. The van der Waals surface area contributed by atoms with Gasteiger partial charge in [-0.2, -0.15) is 8.78 Å². The molecule has 0 spiro atoms. The van der Waals surface area contributed by atoms with Gasteiger partial charge in [-0.05, 0) is 30.7 Å². The smallest absolute Gasteiger partial charge is 0.381 e. The van der Waals surface area contributed by atoms with Crippen LogP contribution >= 0.6 is 0 Å². The first-order valence-electron chi connectivity index (χ1n) is 5.38. The summed E-state index contributed by atoms with van der Waals surface area (Å²) < 4.78 is 35.7. The zero-order chi connectivity index (χ0) is 13.6. The van der Waals surface area contributed by atoms with Crippen molar-refractivity contribution in [3.8, 4) is 5.75 Å². The second kappa shape index (κ2) is 6.14. The number of ether oxygens (including phenoxy) is 2. The number of alkyl halides is 2. The number of carbonyl (C=O) groups excluding carboxylic acids is 1. The van der Waals surface area contributed by atoms with Gasteiger partial charge < -0.3 is 9.47 Å². The molecule has 0 bridgehead atoms. The zero-order valence-electron chi connectivity index (χ0n) is 10.2. The van der Waals surface area contributed by atoms with E-state index < -0.39 is 11.9 Å². The van der Waals surface area contributed by atoms with Crippen LogP contribution in [0.25, 0.3) is 6.08 Å². The summed E-state index contributed by atoms with van der Waals surface area (Å²) in [6.45, 7) is 1.39. The Kier molecular flexibility index (Phi) is 4.83. The van der Waals surface area contributed by atoms with Crippen molar-refractivity contribution in [3.05, 3.63) is 35.9 Å². The predicted molar refractivity (Wildman–Crippen MR) is 63.6 cm³/mol. The van der Waals surface area contributed by atoms with Crippen LogP contribution in [0.3, 0.4) is 0 Å². The molecule has 1 aromatic rings. The highest BCUT2D eigenvalue weighted by Gasteiger charge is 2.37. The third-order valence-corrected chi connectivity index (χ3v) is 2.15. The predicted octanol–water partition coefficient (Wildman–Crippen LogP) is 2.91. The monoisotopic (exact) mass is 256 g/mol. The van der Waals surface area contributed by atoms with Gasteiger partial charge in [0.2, 0.25) is 0 Å². The minimum Gasteiger partial charge on any atom is -0.497 e. The minimum atomic E-state index is -3.62. The van der Waals surface area contributed by atoms with E-state index in [4.69, 9.17) is 4.74 Å². The second-order valence-electron chi connectivity index (χ2n) is 3.45. The molecule has 0 saturated carbocycles. The maximum atomic E-state index is 13.2. The number of benzene rings is 1. The van der Waals surface area contributed by atoms with Crippen LogP contribution in [-0.2, 0) is 9.53 Å². The van der Waals surface area contributed by atoms with Crippen LogP contribution < -0.4 is 4.74 Å². The fourth-order valence-corrected chi connectivity index (χ4v) is 1.21. The summed E-state index contributed by atoms with van der Waals surface area (Å²) in [5, 5.41) is 0. The largest absolute Gasteiger partial charge is 0.497 e. The molecule has 0 atom stereocenters. The number of hydrogen-bond acceptors (Lipinski definition) is 3. The van der Waals surface area contributed by atoms with Crippen molar-refractivity contribution in [1.29, 1.82) is 0 Å². The molecule has 0 amide bonds. The Morgan fingerprint density at radius 2 is 1.94 bits per heavy atom. The maximum Gasteiger partial charge on any atom is 0.381 e. The molecule has 0 N–H and O–H groups in total. The highest BCUT2D eigenvalue weighted by molar-refractivity contribution is 5.81. The Balaban J connectivity index is 2.75. The van der Waals surface area contributed by atoms with E-state index in [1.54, 1.807) is 24.3 Å². The Morgan fingerprint density at radius 1 is 1.33 bits per heavy atom. The lowest BCUT2D eigenvalue weighted by molar-refractivity contribution is -0.164. The molecule has 0 aliphatic carbocycles. The zero-order valence-corrected chi connectivity index (χ0v) is 10.2. The van der Waals surface area contributed by atoms with E-state index in [9.17, 15) is 13.6 Å². The molecule has 3 nitrogen and oxygen atoms in total. The minimum absolute atomic E-state index is 0.0786. The molecule has 0 unspecified atom stereocenters. The summed E-state index contributed by atoms with van der Waals surface area (Å²) in [4.78, 5) is 10.9. The van der Waals surface area contributed by atoms with Crippen molar-refractivity contribution < 1.29 is 23.0 Å². The van der Waals surface area contributed by atoms with Gasteiger partial charge in [0, 0.05) is 0 Å². The standard InChI is InChI=1S/C13H14F2O3/c1-3-18-12(16)13(14,15)9-8-10-4-6-11(17-2)7-5-10/h4-9H,3H2,1-2H3/b9-8+. The molecule has 1 aromatic carbocycles. The van der Waals surface area contributed by atoms with Gasteiger partial charge in [-0.3, -0.25) is 0 Å². The van der Waals surface area contributed by atoms with Gasteiger partial charge >= 0.3 is 11.9 Å². The molecular weight excluding hydrogens is 242 g/mol. The summed E-state index contributed by atoms with van der Waals surface area (Å²) in [6, 6.07) is 6.50. The quantitative estimate of drug-likeness (QED) is 0.760. The number of rotatable bonds is 5. The van der Waals surface area contributed by atoms with E-state index in [0.717, 1.165) is 6.08 Å². The first-order chi connectivity index (χ1) is 8.49. The van der Waals surface area contributed by atoms with Crippen LogP contribution in [0, 0.1) is 0 Å². The lowest BCUT2D eigenvalue weighted by Gasteiger charge is -2.09. The Bertz CT molecular complexity index is 424. The third kappa shape index (κ3) is 3.84. The molecular formula is C13H14F2O3. The van der Waals surface area contributed by atoms with Crippen LogP contribution in [0.15, 0.2) is 30.3 Å². The average Bonchev–Trinajstić information content (AvgIpc) is 2.37. The number of esters is 1. The van der Waals surface area contributed by atoms with Crippen molar-refractivity contribution in [2.24, 2.45) is 0 Å². The number of hydrogen-bond donors (Lipinski definition) is 0. The van der Waals surface area contributed by atoms with Crippen LogP contribution in [0.1, 0.15) is 12.5 Å². The molecule has 0 aromatic heterocycles. The third-order valence-electron chi connectivity index (χ3n) is 2.15. The van der Waals surface area contributed by atoms with Crippen molar-refractivity contribution >= 4 is 12.0 Å². The summed E-state index contributed by atoms with van der Waals surface area (Å²) in [6.07, 6.45) is 1.68. The maximum absolute atomic E-state index is 13.2. The van der Waals surface area contributed by atoms with Gasteiger partial charge in [-0.1, -0.05) is 18.2 Å². The molecule has 0 saturated heterocycles. The van der Waals surface area contributed by atoms with Crippen LogP contribution in [0.4, 0.5) is 8.78 Å². The molecule has 0 heterocycles. The number of halogens is 2. The number of methoxy groups -OCH3 is 1. The molecule has 18 heavy (non-hydrogen) atoms. The Morgan fingerprint density at radius 3 is 2.44 bits per heavy atom. The Labute approximate surface area is 104 Å². The van der Waals surface area contributed by atoms with E-state index in [2.05, 4.69) is 4.74 Å². The lowest BCUT2D eigenvalue weighted by Crippen LogP contribution is -2.28. The van der Waals surface area contributed by atoms with Gasteiger partial charge in [0.25, 0.3) is 0 Å². The van der Waals surface area contributed by atoms with E-state index >= 15 is 0 Å². The first-order valence-corrected chi connectivity index (χ1v) is 5.38. The first kappa shape index (κ1) is 14.2. The molecule has 0 radical (unpaired) electrons. The highest BCUT2D eigenvalue weighted by atomic mass is 19.3. The molecule has 1 rings (SSSR count). The van der Waals surface area contributed by atoms with Gasteiger partial charge in [0.1, 0.15) is 5.75 Å². The molecule has 0 fully saturated rings. The van der Waals surface area contributed by atoms with Crippen molar-refractivity contribution in [1.82, 2.24) is 0 Å². The summed E-state index contributed by atoms with van der Waals surface area (Å²) in [5.74, 6) is -4.53. The molecule has 98 valence electrons. The van der Waals surface area contributed by atoms with Gasteiger partial charge in [-0.25, -0.2) is 4.79 Å². The van der Waals surface area contributed by atoms with Gasteiger partial charge in [0.15, 0.2) is 0 Å². The average molecular weight is 256 g/mol. The molecule has 5 heteroatoms. The Hall–Kier alpha value is -1.91. The van der Waals surface area contributed by atoms with Crippen molar-refractivity contribution in [2.45, 2.75) is 12.8 Å². The van der Waals surface area contributed by atoms with Gasteiger partial charge in [0.05, 0.1) is 13.7 Å². The van der Waals surface area contributed by atoms with Crippen molar-refractivity contribution in [3.63, 3.8) is 0 Å². The number of carbonyl (C=O) groups is 1. The van der Waals surface area contributed by atoms with E-state index in [1.807, 2.05) is 0 Å². The molecule has 0 aliphatic heterocycles. The van der Waals surface area contributed by atoms with E-state index in [-0.39, 0.29) is 6.61 Å². The normalized spacial score (nSPS) is 11.6. The topological polar surface area (TPSA) is 35.5 Å². The lowest BCUT2D eigenvalue weighted by atomic mass is 10.2. The van der Waals surface area contributed by atoms with Crippen LogP contribution in [-0.4, -0.2) is 25.6 Å². The second-order valence-corrected chi connectivity index (χ2v) is 3.45. The van der Waals surface area contributed by atoms with E-state index in [1.165, 1.54) is 14.0 Å². The fourth-order valence-electron chi connectivity index (χ4n) is 1.21. The van der Waals surface area contributed by atoms with E-state index in [0.29, 0.717) is 17.4 Å². The molecule has 0 aliphatic rings. The van der Waals surface area contributed by atoms with Crippen LogP contribution in [0.5, 0.6) is 5.75 Å². The SMILES string of the molecule is CCOC(=O)C(F)(F)/C=C/c1ccc(OC)cc1. The van der Waals surface area contributed by atoms with Crippen LogP contribution in [0.2, 0.25) is 0 Å². The summed E-state index contributed by atoms with van der Waals surface area (Å²) in [5.41, 5.74) is 0.541. The fraction of sp³-hybridized carbons (Fsp3) is 0.308. The highest BCUT2D eigenvalue weighted by Crippen LogP contribution is 2.20. The van der Waals surface area contributed by atoms with Gasteiger partial charge in [-0.15, -0.1) is 0 Å².